The lowest BCUT2D eigenvalue weighted by Crippen LogP contribution is -2.40. The molecule has 6 rings (SSSR count). The van der Waals surface area contributed by atoms with Gasteiger partial charge in [-0.3, -0.25) is 9.59 Å². The van der Waals surface area contributed by atoms with Crippen LogP contribution in [0.4, 0.5) is 0 Å². The number of hydrazone groups is 1. The molecule has 6 atom stereocenters. The lowest BCUT2D eigenvalue weighted by atomic mass is 9.63. The van der Waals surface area contributed by atoms with E-state index >= 15 is 0 Å². The number of ether oxygens (including phenoxy) is 2. The minimum atomic E-state index is -1.15. The summed E-state index contributed by atoms with van der Waals surface area (Å²) in [7, 11) is 1.40. The topological polar surface area (TPSA) is 106 Å². The Hall–Kier alpha value is -2.87. The Morgan fingerprint density at radius 1 is 1.23 bits per heavy atom. The van der Waals surface area contributed by atoms with Gasteiger partial charge in [0.05, 0.1) is 30.2 Å². The van der Waals surface area contributed by atoms with Crippen LogP contribution in [0.15, 0.2) is 29.4 Å². The van der Waals surface area contributed by atoms with E-state index in [-0.39, 0.29) is 52.0 Å². The fourth-order valence-electron chi connectivity index (χ4n) is 5.27. The highest BCUT2D eigenvalue weighted by molar-refractivity contribution is 6.32. The molecular formula is C21H19ClN2O6. The van der Waals surface area contributed by atoms with E-state index in [0.717, 1.165) is 11.4 Å². The summed E-state index contributed by atoms with van der Waals surface area (Å²) < 4.78 is 10.4. The van der Waals surface area contributed by atoms with Crippen molar-refractivity contribution in [2.45, 2.75) is 6.42 Å². The molecule has 3 fully saturated rings. The normalized spacial score (nSPS) is 33.1. The van der Waals surface area contributed by atoms with Gasteiger partial charge in [-0.1, -0.05) is 23.8 Å². The summed E-state index contributed by atoms with van der Waals surface area (Å²) in [6.07, 6.45) is 6.70. The molecule has 1 aromatic rings. The average Bonchev–Trinajstić information content (AvgIpc) is 3.50. The summed E-state index contributed by atoms with van der Waals surface area (Å²) in [5.41, 5.74) is 0.485. The third-order valence-corrected chi connectivity index (χ3v) is 6.83. The Labute approximate surface area is 177 Å². The molecule has 4 aliphatic carbocycles. The first kappa shape index (κ1) is 19.1. The molecule has 2 amide bonds. The van der Waals surface area contributed by atoms with Gasteiger partial charge in [0.25, 0.3) is 11.8 Å². The van der Waals surface area contributed by atoms with Crippen molar-refractivity contribution >= 4 is 35.6 Å². The van der Waals surface area contributed by atoms with Crippen LogP contribution >= 0.6 is 11.6 Å². The fraction of sp³-hybridized carbons (Fsp3) is 0.429. The quantitative estimate of drug-likeness (QED) is 0.421. The van der Waals surface area contributed by atoms with Crippen LogP contribution in [0.1, 0.15) is 12.0 Å². The number of amides is 2. The molecule has 1 aliphatic heterocycles. The number of carboxylic acids is 1. The van der Waals surface area contributed by atoms with Gasteiger partial charge < -0.3 is 14.6 Å². The predicted molar refractivity (Wildman–Crippen MR) is 105 cm³/mol. The van der Waals surface area contributed by atoms with Crippen molar-refractivity contribution in [3.8, 4) is 11.5 Å². The van der Waals surface area contributed by atoms with Crippen molar-refractivity contribution in [1.82, 2.24) is 5.01 Å². The zero-order chi connectivity index (χ0) is 21.2. The molecule has 0 aromatic heterocycles. The minimum absolute atomic E-state index is 0.0972. The molecule has 2 bridgehead atoms. The Morgan fingerprint density at radius 2 is 1.87 bits per heavy atom. The molecule has 2 saturated carbocycles. The van der Waals surface area contributed by atoms with Crippen LogP contribution in [0.2, 0.25) is 5.02 Å². The number of imide groups is 1. The summed E-state index contributed by atoms with van der Waals surface area (Å²) in [6.45, 7) is -0.568. The van der Waals surface area contributed by atoms with E-state index in [9.17, 15) is 14.4 Å². The number of carboxylic acid groups (broad SMARTS) is 1. The van der Waals surface area contributed by atoms with E-state index in [2.05, 4.69) is 17.3 Å². The number of hydrogen-bond acceptors (Lipinski definition) is 6. The van der Waals surface area contributed by atoms with Crippen molar-refractivity contribution in [2.24, 2.45) is 40.6 Å². The maximum atomic E-state index is 12.9. The van der Waals surface area contributed by atoms with Gasteiger partial charge in [0.1, 0.15) is 0 Å². The van der Waals surface area contributed by atoms with E-state index in [1.807, 2.05) is 0 Å². The molecule has 0 spiro atoms. The molecule has 0 radical (unpaired) electrons. The smallest absolute Gasteiger partial charge is 0.341 e. The number of methoxy groups -OCH3 is 1. The van der Waals surface area contributed by atoms with Crippen molar-refractivity contribution in [1.29, 1.82) is 0 Å². The first-order valence-corrected chi connectivity index (χ1v) is 10.1. The molecular weight excluding hydrogens is 412 g/mol. The summed E-state index contributed by atoms with van der Waals surface area (Å²) in [5, 5.41) is 14.1. The van der Waals surface area contributed by atoms with Gasteiger partial charge in [-0.25, -0.2) is 4.79 Å². The molecule has 0 unspecified atom stereocenters. The molecule has 8 nitrogen and oxygen atoms in total. The molecule has 5 aliphatic rings. The van der Waals surface area contributed by atoms with Crippen molar-refractivity contribution in [3.63, 3.8) is 0 Å². The highest BCUT2D eigenvalue weighted by Crippen LogP contribution is 2.65. The number of hydrogen-bond donors (Lipinski definition) is 1. The lowest BCUT2D eigenvalue weighted by Gasteiger charge is -2.37. The molecule has 156 valence electrons. The van der Waals surface area contributed by atoms with E-state index in [0.29, 0.717) is 17.4 Å². The highest BCUT2D eigenvalue weighted by atomic mass is 35.5. The van der Waals surface area contributed by atoms with Crippen LogP contribution in [-0.4, -0.2) is 47.8 Å². The summed E-state index contributed by atoms with van der Waals surface area (Å²) >= 11 is 6.20. The fourth-order valence-corrected chi connectivity index (χ4v) is 5.54. The van der Waals surface area contributed by atoms with E-state index in [4.69, 9.17) is 26.2 Å². The summed E-state index contributed by atoms with van der Waals surface area (Å²) in [4.78, 5) is 36.6. The van der Waals surface area contributed by atoms with Crippen molar-refractivity contribution in [3.05, 3.63) is 34.9 Å². The number of carbonyl (C=O) groups is 3. The summed E-state index contributed by atoms with van der Waals surface area (Å²) in [5.74, 6) is -0.588. The van der Waals surface area contributed by atoms with Crippen LogP contribution in [0.5, 0.6) is 11.5 Å². The van der Waals surface area contributed by atoms with Gasteiger partial charge in [-0.15, -0.1) is 0 Å². The lowest BCUT2D eigenvalue weighted by molar-refractivity contribution is -0.141. The SMILES string of the molecule is COc1cc(/C=N\N2C(=O)[C@@H]3[C@H]4C=C[C@@H]([C@@H]5C[C@@H]45)[C@@H]3C2=O)cc(Cl)c1OCC(=O)O. The Bertz CT molecular complexity index is 985. The van der Waals surface area contributed by atoms with Gasteiger partial charge in [-0.2, -0.15) is 10.1 Å². The second-order valence-electron chi connectivity index (χ2n) is 8.10. The number of carbonyl (C=O) groups excluding carboxylic acids is 2. The number of aliphatic carboxylic acids is 1. The van der Waals surface area contributed by atoms with E-state index in [1.54, 1.807) is 6.07 Å². The molecule has 1 heterocycles. The maximum absolute atomic E-state index is 12.9. The minimum Gasteiger partial charge on any atom is -0.493 e. The van der Waals surface area contributed by atoms with Crippen LogP contribution in [0, 0.1) is 35.5 Å². The number of nitrogens with zero attached hydrogens (tertiary/aromatic N) is 2. The largest absolute Gasteiger partial charge is 0.493 e. The molecule has 1 saturated heterocycles. The van der Waals surface area contributed by atoms with Crippen LogP contribution in [0.25, 0.3) is 0 Å². The Balaban J connectivity index is 1.38. The van der Waals surface area contributed by atoms with Crippen LogP contribution in [-0.2, 0) is 14.4 Å². The number of rotatable bonds is 6. The van der Waals surface area contributed by atoms with Gasteiger partial charge in [0.15, 0.2) is 18.1 Å². The predicted octanol–water partition coefficient (Wildman–Crippen LogP) is 2.20. The molecule has 30 heavy (non-hydrogen) atoms. The zero-order valence-electron chi connectivity index (χ0n) is 16.0. The van der Waals surface area contributed by atoms with E-state index < -0.39 is 12.6 Å². The molecule has 1 N–H and O–H groups in total. The average molecular weight is 431 g/mol. The van der Waals surface area contributed by atoms with Gasteiger partial charge in [-0.05, 0) is 47.8 Å². The number of halogens is 1. The second kappa shape index (κ2) is 6.84. The summed E-state index contributed by atoms with van der Waals surface area (Å²) in [6, 6.07) is 3.05. The maximum Gasteiger partial charge on any atom is 0.341 e. The van der Waals surface area contributed by atoms with Crippen LogP contribution < -0.4 is 9.47 Å². The Morgan fingerprint density at radius 3 is 2.43 bits per heavy atom. The van der Waals surface area contributed by atoms with Gasteiger partial charge in [0, 0.05) is 0 Å². The van der Waals surface area contributed by atoms with Gasteiger partial charge >= 0.3 is 5.97 Å². The second-order valence-corrected chi connectivity index (χ2v) is 8.51. The van der Waals surface area contributed by atoms with Gasteiger partial charge in [0.2, 0.25) is 0 Å². The number of benzene rings is 1. The van der Waals surface area contributed by atoms with E-state index in [1.165, 1.54) is 19.4 Å². The Kier molecular flexibility index (Phi) is 4.36. The third-order valence-electron chi connectivity index (χ3n) is 6.55. The zero-order valence-corrected chi connectivity index (χ0v) is 16.8. The van der Waals surface area contributed by atoms with Crippen molar-refractivity contribution in [2.75, 3.05) is 13.7 Å². The standard InChI is InChI=1S/C21H19ClN2O6/c1-29-15-5-9(4-14(22)19(15)30-8-16(25)26)7-23-24-20(27)17-10-2-3-11(13-6-12(10)13)18(17)21(24)28/h2-5,7,10-13,17-18H,6,8H2,1H3,(H,25,26)/b23-7-/t10-,11-,12-,13-,17-,18+/m0/s1. The first-order chi connectivity index (χ1) is 14.4. The highest BCUT2D eigenvalue weighted by Gasteiger charge is 2.67. The first-order valence-electron chi connectivity index (χ1n) is 9.73. The molecule has 9 heteroatoms. The third kappa shape index (κ3) is 2.81. The van der Waals surface area contributed by atoms with Crippen LogP contribution in [0.3, 0.4) is 0 Å². The molecule has 1 aromatic carbocycles. The monoisotopic (exact) mass is 430 g/mol. The van der Waals surface area contributed by atoms with Crippen molar-refractivity contribution < 1.29 is 29.0 Å². The number of allylic oxidation sites excluding steroid dienone is 2.